The summed E-state index contributed by atoms with van der Waals surface area (Å²) in [7, 11) is 0. The number of para-hydroxylation sites is 1. The summed E-state index contributed by atoms with van der Waals surface area (Å²) in [6.45, 7) is 4.46. The van der Waals surface area contributed by atoms with E-state index in [9.17, 15) is 4.79 Å². The van der Waals surface area contributed by atoms with Gasteiger partial charge in [0.05, 0.1) is 25.2 Å². The van der Waals surface area contributed by atoms with Gasteiger partial charge in [0, 0.05) is 24.4 Å². The Hall–Kier alpha value is -3.36. The minimum atomic E-state index is 0.0474. The number of carbonyl (C=O) groups excluding carboxylic acids is 1. The van der Waals surface area contributed by atoms with Crippen molar-refractivity contribution in [2.75, 3.05) is 26.3 Å². The number of benzene rings is 2. The standard InChI is InChI=1S/C25H24N4O3S/c1-18-7-2-5-10-21(18)29-23(22-11-6-14-32-22)26-27-25(29)33-17-19-8-3-4-9-20(19)24(30)28-12-15-31-16-13-28/h2-11,14H,12-13,15-17H2,1H3. The van der Waals surface area contributed by atoms with Crippen molar-refractivity contribution in [3.8, 4) is 17.3 Å². The maximum atomic E-state index is 13.1. The zero-order valence-electron chi connectivity index (χ0n) is 18.3. The lowest BCUT2D eigenvalue weighted by Gasteiger charge is -2.27. The van der Waals surface area contributed by atoms with Crippen molar-refractivity contribution in [2.24, 2.45) is 0 Å². The zero-order chi connectivity index (χ0) is 22.6. The largest absolute Gasteiger partial charge is 0.461 e. The summed E-state index contributed by atoms with van der Waals surface area (Å²) in [6.07, 6.45) is 1.63. The molecule has 1 aliphatic heterocycles. The number of ether oxygens (including phenoxy) is 1. The second kappa shape index (κ2) is 9.64. The van der Waals surface area contributed by atoms with E-state index in [0.717, 1.165) is 27.5 Å². The molecule has 0 radical (unpaired) electrons. The Labute approximate surface area is 196 Å². The van der Waals surface area contributed by atoms with E-state index in [1.807, 2.05) is 64.1 Å². The van der Waals surface area contributed by atoms with Crippen LogP contribution in [0.5, 0.6) is 0 Å². The summed E-state index contributed by atoms with van der Waals surface area (Å²) in [6, 6.07) is 19.6. The molecule has 4 aromatic rings. The normalized spacial score (nSPS) is 13.9. The van der Waals surface area contributed by atoms with Gasteiger partial charge in [-0.3, -0.25) is 9.36 Å². The number of hydrogen-bond acceptors (Lipinski definition) is 6. The van der Waals surface area contributed by atoms with Gasteiger partial charge in [0.1, 0.15) is 0 Å². The molecule has 1 amide bonds. The number of carbonyl (C=O) groups is 1. The topological polar surface area (TPSA) is 73.4 Å². The van der Waals surface area contributed by atoms with Crippen LogP contribution in [0.1, 0.15) is 21.5 Å². The van der Waals surface area contributed by atoms with E-state index < -0.39 is 0 Å². The smallest absolute Gasteiger partial charge is 0.254 e. The lowest BCUT2D eigenvalue weighted by atomic mass is 10.1. The predicted octanol–water partition coefficient (Wildman–Crippen LogP) is 4.60. The van der Waals surface area contributed by atoms with Crippen LogP contribution in [-0.2, 0) is 10.5 Å². The summed E-state index contributed by atoms with van der Waals surface area (Å²) < 4.78 is 13.0. The number of furan rings is 1. The number of rotatable bonds is 6. The van der Waals surface area contributed by atoms with Gasteiger partial charge in [0.15, 0.2) is 10.9 Å². The molecule has 0 spiro atoms. The second-order valence-corrected chi connectivity index (χ2v) is 8.70. The van der Waals surface area contributed by atoms with Gasteiger partial charge < -0.3 is 14.1 Å². The Morgan fingerprint density at radius 3 is 2.58 bits per heavy atom. The fourth-order valence-electron chi connectivity index (χ4n) is 3.89. The highest BCUT2D eigenvalue weighted by atomic mass is 32.2. The van der Waals surface area contributed by atoms with Gasteiger partial charge in [-0.25, -0.2) is 0 Å². The van der Waals surface area contributed by atoms with Gasteiger partial charge in [0.25, 0.3) is 5.91 Å². The summed E-state index contributed by atoms with van der Waals surface area (Å²) in [5.74, 6) is 1.94. The first-order chi connectivity index (χ1) is 16.2. The highest BCUT2D eigenvalue weighted by Gasteiger charge is 2.23. The average molecular weight is 461 g/mol. The van der Waals surface area contributed by atoms with Crippen LogP contribution in [0, 0.1) is 6.92 Å². The Bertz CT molecular complexity index is 1250. The van der Waals surface area contributed by atoms with Crippen molar-refractivity contribution < 1.29 is 13.9 Å². The molecule has 0 aliphatic carbocycles. The molecule has 0 N–H and O–H groups in total. The molecule has 5 rings (SSSR count). The maximum Gasteiger partial charge on any atom is 0.254 e. The predicted molar refractivity (Wildman–Crippen MR) is 127 cm³/mol. The van der Waals surface area contributed by atoms with E-state index in [-0.39, 0.29) is 5.91 Å². The molecule has 0 bridgehead atoms. The summed E-state index contributed by atoms with van der Waals surface area (Å²) in [4.78, 5) is 15.0. The fourth-order valence-corrected chi connectivity index (χ4v) is 4.84. The minimum absolute atomic E-state index is 0.0474. The number of morpholine rings is 1. The van der Waals surface area contributed by atoms with Gasteiger partial charge in [-0.05, 0) is 42.3 Å². The number of aryl methyl sites for hydroxylation is 1. The van der Waals surface area contributed by atoms with Crippen LogP contribution < -0.4 is 0 Å². The molecule has 2 aromatic heterocycles. The van der Waals surface area contributed by atoms with Crippen LogP contribution in [0.4, 0.5) is 0 Å². The molecule has 0 atom stereocenters. The third kappa shape index (κ3) is 4.44. The zero-order valence-corrected chi connectivity index (χ0v) is 19.1. The lowest BCUT2D eigenvalue weighted by molar-refractivity contribution is 0.0302. The Morgan fingerprint density at radius 2 is 1.79 bits per heavy atom. The van der Waals surface area contributed by atoms with Gasteiger partial charge in [-0.2, -0.15) is 0 Å². The molecule has 3 heterocycles. The molecule has 8 heteroatoms. The number of thioether (sulfide) groups is 1. The number of amides is 1. The van der Waals surface area contributed by atoms with E-state index in [4.69, 9.17) is 9.15 Å². The molecular weight excluding hydrogens is 436 g/mol. The van der Waals surface area contributed by atoms with Gasteiger partial charge in [-0.1, -0.05) is 48.2 Å². The summed E-state index contributed by atoms with van der Waals surface area (Å²) in [5, 5.41) is 9.64. The van der Waals surface area contributed by atoms with Crippen molar-refractivity contribution in [2.45, 2.75) is 17.8 Å². The molecule has 1 aliphatic rings. The van der Waals surface area contributed by atoms with Crippen molar-refractivity contribution in [1.82, 2.24) is 19.7 Å². The van der Waals surface area contributed by atoms with Crippen LogP contribution >= 0.6 is 11.8 Å². The first-order valence-corrected chi connectivity index (χ1v) is 11.8. The number of nitrogens with zero attached hydrogens (tertiary/aromatic N) is 4. The molecule has 0 unspecified atom stereocenters. The quantitative estimate of drug-likeness (QED) is 0.392. The van der Waals surface area contributed by atoms with Gasteiger partial charge >= 0.3 is 0 Å². The first kappa shape index (κ1) is 21.5. The maximum absolute atomic E-state index is 13.1. The van der Waals surface area contributed by atoms with Crippen molar-refractivity contribution in [1.29, 1.82) is 0 Å². The third-order valence-corrected chi connectivity index (χ3v) is 6.61. The average Bonchev–Trinajstić information content (AvgIpc) is 3.53. The summed E-state index contributed by atoms with van der Waals surface area (Å²) >= 11 is 1.55. The Balaban J connectivity index is 1.46. The Morgan fingerprint density at radius 1 is 1.00 bits per heavy atom. The number of hydrogen-bond donors (Lipinski definition) is 0. The molecule has 2 aromatic carbocycles. The fraction of sp³-hybridized carbons (Fsp3) is 0.240. The van der Waals surface area contributed by atoms with Crippen LogP contribution in [0.15, 0.2) is 76.5 Å². The number of aromatic nitrogens is 3. The SMILES string of the molecule is Cc1ccccc1-n1c(SCc2ccccc2C(=O)N2CCOCC2)nnc1-c1ccco1. The van der Waals surface area contributed by atoms with Crippen molar-refractivity contribution in [3.63, 3.8) is 0 Å². The molecular formula is C25H24N4O3S. The molecule has 33 heavy (non-hydrogen) atoms. The van der Waals surface area contributed by atoms with Crippen molar-refractivity contribution in [3.05, 3.63) is 83.6 Å². The van der Waals surface area contributed by atoms with Crippen molar-refractivity contribution >= 4 is 17.7 Å². The van der Waals surface area contributed by atoms with Crippen LogP contribution in [0.3, 0.4) is 0 Å². The molecule has 168 valence electrons. The third-order valence-electron chi connectivity index (χ3n) is 5.63. The van der Waals surface area contributed by atoms with Crippen LogP contribution in [0.25, 0.3) is 17.3 Å². The summed E-state index contributed by atoms with van der Waals surface area (Å²) in [5.41, 5.74) is 3.79. The van der Waals surface area contributed by atoms with E-state index >= 15 is 0 Å². The van der Waals surface area contributed by atoms with E-state index in [1.54, 1.807) is 18.0 Å². The molecule has 1 saturated heterocycles. The van der Waals surface area contributed by atoms with Crippen LogP contribution in [-0.4, -0.2) is 51.9 Å². The minimum Gasteiger partial charge on any atom is -0.461 e. The monoisotopic (exact) mass is 460 g/mol. The highest BCUT2D eigenvalue weighted by Crippen LogP contribution is 2.32. The molecule has 0 saturated carbocycles. The highest BCUT2D eigenvalue weighted by molar-refractivity contribution is 7.98. The van der Waals surface area contributed by atoms with Gasteiger partial charge in [0.2, 0.25) is 5.82 Å². The van der Waals surface area contributed by atoms with E-state index in [0.29, 0.717) is 43.6 Å². The first-order valence-electron chi connectivity index (χ1n) is 10.9. The van der Waals surface area contributed by atoms with E-state index in [1.165, 1.54) is 0 Å². The van der Waals surface area contributed by atoms with Gasteiger partial charge in [-0.15, -0.1) is 10.2 Å². The second-order valence-electron chi connectivity index (χ2n) is 7.76. The van der Waals surface area contributed by atoms with Crippen LogP contribution in [0.2, 0.25) is 0 Å². The lowest BCUT2D eigenvalue weighted by Crippen LogP contribution is -2.41. The van der Waals surface area contributed by atoms with E-state index in [2.05, 4.69) is 23.2 Å². The molecule has 1 fully saturated rings. The molecule has 7 nitrogen and oxygen atoms in total. The Kier molecular flexibility index (Phi) is 6.28.